The van der Waals surface area contributed by atoms with Crippen LogP contribution in [0.5, 0.6) is 5.75 Å². The Morgan fingerprint density at radius 3 is 2.84 bits per heavy atom. The number of hydrogen-bond acceptors (Lipinski definition) is 2. The van der Waals surface area contributed by atoms with Gasteiger partial charge in [-0.3, -0.25) is 0 Å². The minimum atomic E-state index is 0.312. The van der Waals surface area contributed by atoms with Gasteiger partial charge >= 0.3 is 0 Å². The predicted octanol–water partition coefficient (Wildman–Crippen LogP) is 3.85. The fourth-order valence-corrected chi connectivity index (χ4v) is 1.95. The lowest BCUT2D eigenvalue weighted by Crippen LogP contribution is -2.20. The molecule has 1 aromatic rings. The van der Waals surface area contributed by atoms with E-state index in [2.05, 4.69) is 56.1 Å². The standard InChI is InChI=1S/C17H25NO/c1-5-7-8-12-19-17-10-9-14(3)13-16(17)15(4)18-11-6-2/h9-10,13,15,18H,6,8,11-12H2,1-4H3. The van der Waals surface area contributed by atoms with Crippen molar-refractivity contribution >= 4 is 0 Å². The number of nitrogens with one attached hydrogen (secondary N) is 1. The van der Waals surface area contributed by atoms with Gasteiger partial charge in [0.15, 0.2) is 0 Å². The van der Waals surface area contributed by atoms with Gasteiger partial charge in [-0.2, -0.15) is 0 Å². The molecular weight excluding hydrogens is 234 g/mol. The average Bonchev–Trinajstić information content (AvgIpc) is 2.42. The maximum atomic E-state index is 5.85. The fraction of sp³-hybridized carbons (Fsp3) is 0.529. The van der Waals surface area contributed by atoms with E-state index >= 15 is 0 Å². The molecule has 1 rings (SSSR count). The summed E-state index contributed by atoms with van der Waals surface area (Å²) in [5.41, 5.74) is 2.50. The van der Waals surface area contributed by atoms with E-state index in [4.69, 9.17) is 4.74 Å². The molecule has 0 aromatic heterocycles. The normalized spacial score (nSPS) is 11.6. The van der Waals surface area contributed by atoms with Crippen molar-refractivity contribution in [2.75, 3.05) is 13.2 Å². The molecule has 1 aromatic carbocycles. The highest BCUT2D eigenvalue weighted by atomic mass is 16.5. The van der Waals surface area contributed by atoms with Crippen LogP contribution in [0.2, 0.25) is 0 Å². The van der Waals surface area contributed by atoms with Gasteiger partial charge in [-0.25, -0.2) is 0 Å². The lowest BCUT2D eigenvalue weighted by Gasteiger charge is -2.18. The van der Waals surface area contributed by atoms with Crippen molar-refractivity contribution in [1.29, 1.82) is 0 Å². The fourth-order valence-electron chi connectivity index (χ4n) is 1.95. The van der Waals surface area contributed by atoms with Crippen LogP contribution in [-0.4, -0.2) is 13.2 Å². The van der Waals surface area contributed by atoms with Gasteiger partial charge in [-0.05, 0) is 39.8 Å². The average molecular weight is 259 g/mol. The molecule has 104 valence electrons. The van der Waals surface area contributed by atoms with E-state index in [1.165, 1.54) is 11.1 Å². The van der Waals surface area contributed by atoms with Gasteiger partial charge in [0.05, 0.1) is 6.61 Å². The minimum Gasteiger partial charge on any atom is -0.492 e. The van der Waals surface area contributed by atoms with Gasteiger partial charge < -0.3 is 10.1 Å². The van der Waals surface area contributed by atoms with E-state index in [0.29, 0.717) is 12.6 Å². The van der Waals surface area contributed by atoms with Gasteiger partial charge in [0, 0.05) is 18.0 Å². The molecule has 0 spiro atoms. The molecule has 0 aliphatic rings. The monoisotopic (exact) mass is 259 g/mol. The van der Waals surface area contributed by atoms with E-state index in [1.54, 1.807) is 0 Å². The summed E-state index contributed by atoms with van der Waals surface area (Å²) in [5.74, 6) is 6.88. The lowest BCUT2D eigenvalue weighted by atomic mass is 10.0. The maximum absolute atomic E-state index is 5.85. The van der Waals surface area contributed by atoms with Gasteiger partial charge in [-0.1, -0.05) is 24.6 Å². The van der Waals surface area contributed by atoms with Crippen LogP contribution in [0.3, 0.4) is 0 Å². The molecule has 0 radical (unpaired) electrons. The summed E-state index contributed by atoms with van der Waals surface area (Å²) < 4.78 is 5.85. The number of rotatable bonds is 7. The first kappa shape index (κ1) is 15.6. The van der Waals surface area contributed by atoms with Gasteiger partial charge in [-0.15, -0.1) is 11.8 Å². The van der Waals surface area contributed by atoms with Crippen LogP contribution in [0.15, 0.2) is 18.2 Å². The molecule has 0 aliphatic carbocycles. The molecule has 0 saturated heterocycles. The summed E-state index contributed by atoms with van der Waals surface area (Å²) >= 11 is 0. The second-order valence-corrected chi connectivity index (χ2v) is 4.74. The first-order valence-corrected chi connectivity index (χ1v) is 7.05. The third kappa shape index (κ3) is 5.36. The molecule has 0 bridgehead atoms. The molecule has 0 amide bonds. The number of ether oxygens (including phenoxy) is 1. The number of hydrogen-bond donors (Lipinski definition) is 1. The first-order chi connectivity index (χ1) is 9.19. The molecule has 1 unspecified atom stereocenters. The SMILES string of the molecule is CC#CCCOc1ccc(C)cc1C(C)NCCC. The second kappa shape index (κ2) is 8.61. The molecule has 2 nitrogen and oxygen atoms in total. The highest BCUT2D eigenvalue weighted by Gasteiger charge is 2.11. The highest BCUT2D eigenvalue weighted by Crippen LogP contribution is 2.26. The Hall–Kier alpha value is -1.46. The second-order valence-electron chi connectivity index (χ2n) is 4.74. The van der Waals surface area contributed by atoms with E-state index in [1.807, 2.05) is 6.92 Å². The zero-order valence-corrected chi connectivity index (χ0v) is 12.5. The van der Waals surface area contributed by atoms with Crippen LogP contribution in [0.25, 0.3) is 0 Å². The Morgan fingerprint density at radius 2 is 2.16 bits per heavy atom. The summed E-state index contributed by atoms with van der Waals surface area (Å²) in [4.78, 5) is 0. The zero-order valence-electron chi connectivity index (χ0n) is 12.5. The molecule has 0 aliphatic heterocycles. The van der Waals surface area contributed by atoms with Crippen molar-refractivity contribution < 1.29 is 4.74 Å². The van der Waals surface area contributed by atoms with E-state index in [9.17, 15) is 0 Å². The van der Waals surface area contributed by atoms with E-state index < -0.39 is 0 Å². The molecular formula is C17H25NO. The van der Waals surface area contributed by atoms with Crippen LogP contribution in [0, 0.1) is 18.8 Å². The van der Waals surface area contributed by atoms with Crippen LogP contribution >= 0.6 is 0 Å². The highest BCUT2D eigenvalue weighted by molar-refractivity contribution is 5.39. The quantitative estimate of drug-likeness (QED) is 0.593. The Labute approximate surface area is 117 Å². The Morgan fingerprint density at radius 1 is 1.37 bits per heavy atom. The number of aryl methyl sites for hydroxylation is 1. The summed E-state index contributed by atoms with van der Waals surface area (Å²) in [7, 11) is 0. The van der Waals surface area contributed by atoms with Crippen LogP contribution in [0.4, 0.5) is 0 Å². The molecule has 0 saturated carbocycles. The topological polar surface area (TPSA) is 21.3 Å². The van der Waals surface area contributed by atoms with Crippen molar-refractivity contribution in [3.05, 3.63) is 29.3 Å². The van der Waals surface area contributed by atoms with Crippen LogP contribution < -0.4 is 10.1 Å². The molecule has 0 fully saturated rings. The molecule has 2 heteroatoms. The van der Waals surface area contributed by atoms with Crippen molar-refractivity contribution in [1.82, 2.24) is 5.32 Å². The molecule has 0 heterocycles. The minimum absolute atomic E-state index is 0.312. The summed E-state index contributed by atoms with van der Waals surface area (Å²) in [6.07, 6.45) is 1.92. The van der Waals surface area contributed by atoms with Crippen LogP contribution in [0.1, 0.15) is 50.8 Å². The number of benzene rings is 1. The largest absolute Gasteiger partial charge is 0.492 e. The van der Waals surface area contributed by atoms with Crippen molar-refractivity contribution in [2.24, 2.45) is 0 Å². The Kier molecular flexibility index (Phi) is 7.07. The third-order valence-electron chi connectivity index (χ3n) is 2.99. The summed E-state index contributed by atoms with van der Waals surface area (Å²) in [6.45, 7) is 10.0. The molecule has 19 heavy (non-hydrogen) atoms. The van der Waals surface area contributed by atoms with E-state index in [0.717, 1.165) is 25.1 Å². The van der Waals surface area contributed by atoms with Gasteiger partial charge in [0.1, 0.15) is 5.75 Å². The molecule has 1 N–H and O–H groups in total. The first-order valence-electron chi connectivity index (χ1n) is 7.05. The van der Waals surface area contributed by atoms with Crippen molar-refractivity contribution in [2.45, 2.75) is 46.6 Å². The Balaban J connectivity index is 2.74. The summed E-state index contributed by atoms with van der Waals surface area (Å²) in [5, 5.41) is 3.51. The maximum Gasteiger partial charge on any atom is 0.124 e. The Bertz CT molecular complexity index is 442. The van der Waals surface area contributed by atoms with E-state index in [-0.39, 0.29) is 0 Å². The predicted molar refractivity (Wildman–Crippen MR) is 81.4 cm³/mol. The van der Waals surface area contributed by atoms with Crippen molar-refractivity contribution in [3.8, 4) is 17.6 Å². The van der Waals surface area contributed by atoms with Crippen molar-refractivity contribution in [3.63, 3.8) is 0 Å². The summed E-state index contributed by atoms with van der Waals surface area (Å²) in [6, 6.07) is 6.67. The lowest BCUT2D eigenvalue weighted by molar-refractivity contribution is 0.320. The smallest absolute Gasteiger partial charge is 0.124 e. The third-order valence-corrected chi connectivity index (χ3v) is 2.99. The van der Waals surface area contributed by atoms with Gasteiger partial charge in [0.2, 0.25) is 0 Å². The van der Waals surface area contributed by atoms with Crippen LogP contribution in [-0.2, 0) is 0 Å². The van der Waals surface area contributed by atoms with Gasteiger partial charge in [0.25, 0.3) is 0 Å². The zero-order chi connectivity index (χ0) is 14.1. The molecule has 1 atom stereocenters.